The summed E-state index contributed by atoms with van der Waals surface area (Å²) in [6, 6.07) is -0.669. The molecule has 0 aromatic rings. The number of hydrogen-bond acceptors (Lipinski definition) is 5. The maximum Gasteiger partial charge on any atom is 0.237 e. The Balaban J connectivity index is 4.29. The SMILES string of the molecule is CNC(CCCCN)C(=O)NC(CCCCN)C(C)=O. The van der Waals surface area contributed by atoms with E-state index < -0.39 is 6.04 Å². The van der Waals surface area contributed by atoms with E-state index in [4.69, 9.17) is 11.5 Å². The molecule has 0 aliphatic heterocycles. The molecule has 6 heteroatoms. The number of nitrogens with two attached hydrogens (primary N) is 2. The number of amides is 1. The van der Waals surface area contributed by atoms with E-state index in [2.05, 4.69) is 10.6 Å². The average Bonchev–Trinajstić information content (AvgIpc) is 2.42. The summed E-state index contributed by atoms with van der Waals surface area (Å²) in [5, 5.41) is 5.82. The van der Waals surface area contributed by atoms with Gasteiger partial charge in [0, 0.05) is 0 Å². The highest BCUT2D eigenvalue weighted by molar-refractivity contribution is 5.89. The Morgan fingerprint density at radius 2 is 1.45 bits per heavy atom. The van der Waals surface area contributed by atoms with Crippen LogP contribution in [0.15, 0.2) is 0 Å². The molecule has 6 N–H and O–H groups in total. The maximum atomic E-state index is 12.1. The van der Waals surface area contributed by atoms with Crippen molar-refractivity contribution in [1.82, 2.24) is 10.6 Å². The standard InChI is InChI=1S/C14H30N4O2/c1-11(19)12(7-3-5-9-15)18-14(20)13(17-2)8-4-6-10-16/h12-13,17H,3-10,15-16H2,1-2H3,(H,18,20). The zero-order valence-electron chi connectivity index (χ0n) is 12.8. The van der Waals surface area contributed by atoms with Crippen molar-refractivity contribution in [3.05, 3.63) is 0 Å². The molecule has 0 spiro atoms. The number of nitrogens with one attached hydrogen (secondary N) is 2. The van der Waals surface area contributed by atoms with Crippen LogP contribution in [0.4, 0.5) is 0 Å². The van der Waals surface area contributed by atoms with Gasteiger partial charge in [-0.05, 0) is 59.2 Å². The lowest BCUT2D eigenvalue weighted by Crippen LogP contribution is -2.49. The van der Waals surface area contributed by atoms with Crippen molar-refractivity contribution >= 4 is 11.7 Å². The molecule has 2 atom stereocenters. The van der Waals surface area contributed by atoms with Gasteiger partial charge in [0.05, 0.1) is 12.1 Å². The van der Waals surface area contributed by atoms with Crippen molar-refractivity contribution < 1.29 is 9.59 Å². The molecule has 0 aromatic heterocycles. The molecule has 0 saturated heterocycles. The van der Waals surface area contributed by atoms with Gasteiger partial charge in [0.2, 0.25) is 5.91 Å². The molecule has 2 unspecified atom stereocenters. The molecule has 0 bridgehead atoms. The average molecular weight is 286 g/mol. The second-order valence-corrected chi connectivity index (χ2v) is 5.08. The first kappa shape index (κ1) is 19.0. The zero-order chi connectivity index (χ0) is 15.4. The monoisotopic (exact) mass is 286 g/mol. The molecule has 118 valence electrons. The molecular weight excluding hydrogens is 256 g/mol. The van der Waals surface area contributed by atoms with Crippen LogP contribution >= 0.6 is 0 Å². The predicted molar refractivity (Wildman–Crippen MR) is 81.3 cm³/mol. The number of rotatable bonds is 12. The van der Waals surface area contributed by atoms with Crippen LogP contribution in [-0.4, -0.2) is 43.9 Å². The van der Waals surface area contributed by atoms with E-state index in [0.29, 0.717) is 19.5 Å². The number of likely N-dealkylation sites (N-methyl/N-ethyl adjacent to an activating group) is 1. The van der Waals surface area contributed by atoms with Crippen molar-refractivity contribution in [2.75, 3.05) is 20.1 Å². The van der Waals surface area contributed by atoms with Crippen LogP contribution in [0.3, 0.4) is 0 Å². The van der Waals surface area contributed by atoms with Crippen LogP contribution in [0, 0.1) is 0 Å². The third kappa shape index (κ3) is 8.24. The first-order valence-corrected chi connectivity index (χ1v) is 7.45. The number of hydrogen-bond donors (Lipinski definition) is 4. The number of carbonyl (C=O) groups is 2. The molecule has 0 fully saturated rings. The third-order valence-electron chi connectivity index (χ3n) is 3.37. The summed E-state index contributed by atoms with van der Waals surface area (Å²) in [6.07, 6.45) is 4.89. The van der Waals surface area contributed by atoms with Gasteiger partial charge in [-0.2, -0.15) is 0 Å². The summed E-state index contributed by atoms with van der Waals surface area (Å²) in [4.78, 5) is 23.7. The number of unbranched alkanes of at least 4 members (excludes halogenated alkanes) is 2. The van der Waals surface area contributed by atoms with E-state index in [-0.39, 0.29) is 17.7 Å². The Hall–Kier alpha value is -0.980. The van der Waals surface area contributed by atoms with Gasteiger partial charge in [-0.25, -0.2) is 0 Å². The molecule has 0 aliphatic carbocycles. The topological polar surface area (TPSA) is 110 Å². The highest BCUT2D eigenvalue weighted by Gasteiger charge is 2.21. The molecule has 6 nitrogen and oxygen atoms in total. The Bertz CT molecular complexity index is 284. The van der Waals surface area contributed by atoms with Crippen LogP contribution < -0.4 is 22.1 Å². The quantitative estimate of drug-likeness (QED) is 0.375. The maximum absolute atomic E-state index is 12.1. The van der Waals surface area contributed by atoms with Crippen LogP contribution in [0.2, 0.25) is 0 Å². The van der Waals surface area contributed by atoms with Crippen molar-refractivity contribution in [1.29, 1.82) is 0 Å². The van der Waals surface area contributed by atoms with Gasteiger partial charge in [0.15, 0.2) is 5.78 Å². The van der Waals surface area contributed by atoms with Crippen LogP contribution in [0.25, 0.3) is 0 Å². The summed E-state index contributed by atoms with van der Waals surface area (Å²) in [7, 11) is 1.75. The van der Waals surface area contributed by atoms with E-state index in [0.717, 1.165) is 32.1 Å². The zero-order valence-corrected chi connectivity index (χ0v) is 12.8. The first-order valence-electron chi connectivity index (χ1n) is 7.45. The van der Waals surface area contributed by atoms with E-state index in [1.54, 1.807) is 7.05 Å². The van der Waals surface area contributed by atoms with E-state index in [1.807, 2.05) is 0 Å². The third-order valence-corrected chi connectivity index (χ3v) is 3.37. The van der Waals surface area contributed by atoms with Crippen LogP contribution in [-0.2, 0) is 9.59 Å². The van der Waals surface area contributed by atoms with Gasteiger partial charge in [-0.1, -0.05) is 6.42 Å². The number of carbonyl (C=O) groups excluding carboxylic acids is 2. The van der Waals surface area contributed by atoms with Gasteiger partial charge < -0.3 is 22.1 Å². The largest absolute Gasteiger partial charge is 0.345 e. The number of Topliss-reactive ketones (excluding diaryl/α,β-unsaturated/α-hetero) is 1. The highest BCUT2D eigenvalue weighted by atomic mass is 16.2. The van der Waals surface area contributed by atoms with Gasteiger partial charge in [0.1, 0.15) is 0 Å². The summed E-state index contributed by atoms with van der Waals surface area (Å²) >= 11 is 0. The molecule has 0 heterocycles. The van der Waals surface area contributed by atoms with E-state index in [1.165, 1.54) is 6.92 Å². The minimum atomic E-state index is -0.403. The molecule has 0 aliphatic rings. The summed E-state index contributed by atoms with van der Waals surface area (Å²) in [6.45, 7) is 2.75. The van der Waals surface area contributed by atoms with Crippen molar-refractivity contribution in [3.63, 3.8) is 0 Å². The molecular formula is C14H30N4O2. The molecule has 0 saturated carbocycles. The van der Waals surface area contributed by atoms with E-state index in [9.17, 15) is 9.59 Å². The fourth-order valence-electron chi connectivity index (χ4n) is 2.04. The lowest BCUT2D eigenvalue weighted by Gasteiger charge is -2.21. The predicted octanol–water partition coefficient (Wildman–Crippen LogP) is -0.0938. The van der Waals surface area contributed by atoms with Crippen LogP contribution in [0.5, 0.6) is 0 Å². The highest BCUT2D eigenvalue weighted by Crippen LogP contribution is 2.05. The van der Waals surface area contributed by atoms with Crippen molar-refractivity contribution in [2.45, 2.75) is 57.5 Å². The molecule has 0 radical (unpaired) electrons. The normalized spacial score (nSPS) is 13.8. The van der Waals surface area contributed by atoms with Gasteiger partial charge in [-0.15, -0.1) is 0 Å². The molecule has 20 heavy (non-hydrogen) atoms. The molecule has 0 rings (SSSR count). The molecule has 0 aromatic carbocycles. The summed E-state index contributed by atoms with van der Waals surface area (Å²) in [5.74, 6) is -0.121. The Kier molecular flexibility index (Phi) is 11.2. The first-order chi connectivity index (χ1) is 9.56. The summed E-state index contributed by atoms with van der Waals surface area (Å²) in [5.41, 5.74) is 10.9. The Labute approximate surface area is 122 Å². The minimum Gasteiger partial charge on any atom is -0.345 e. The number of ketones is 1. The van der Waals surface area contributed by atoms with Gasteiger partial charge >= 0.3 is 0 Å². The van der Waals surface area contributed by atoms with E-state index >= 15 is 0 Å². The van der Waals surface area contributed by atoms with Gasteiger partial charge in [0.25, 0.3) is 0 Å². The lowest BCUT2D eigenvalue weighted by molar-refractivity contribution is -0.128. The molecule has 1 amide bonds. The Morgan fingerprint density at radius 1 is 0.950 bits per heavy atom. The smallest absolute Gasteiger partial charge is 0.237 e. The fraction of sp³-hybridized carbons (Fsp3) is 0.857. The van der Waals surface area contributed by atoms with Gasteiger partial charge in [-0.3, -0.25) is 9.59 Å². The second kappa shape index (κ2) is 11.8. The second-order valence-electron chi connectivity index (χ2n) is 5.08. The van der Waals surface area contributed by atoms with Crippen LogP contribution in [0.1, 0.15) is 45.4 Å². The minimum absolute atomic E-state index is 0.00724. The fourth-order valence-corrected chi connectivity index (χ4v) is 2.04. The summed E-state index contributed by atoms with van der Waals surface area (Å²) < 4.78 is 0. The van der Waals surface area contributed by atoms with Crippen molar-refractivity contribution in [2.24, 2.45) is 11.5 Å². The van der Waals surface area contributed by atoms with Crippen molar-refractivity contribution in [3.8, 4) is 0 Å². The lowest BCUT2D eigenvalue weighted by atomic mass is 10.0. The Morgan fingerprint density at radius 3 is 1.85 bits per heavy atom.